The van der Waals surface area contributed by atoms with Crippen molar-refractivity contribution in [3.8, 4) is 5.75 Å². The predicted octanol–water partition coefficient (Wildman–Crippen LogP) is 3.68. The average molecular weight is 482 g/mol. The molecule has 6 heteroatoms. The fourth-order valence-corrected chi connectivity index (χ4v) is 2.42. The van der Waals surface area contributed by atoms with E-state index in [0.717, 1.165) is 49.9 Å². The molecule has 0 unspecified atom stereocenters. The minimum Gasteiger partial charge on any atom is -0.493 e. The van der Waals surface area contributed by atoms with Crippen molar-refractivity contribution in [2.75, 3.05) is 26.7 Å². The van der Waals surface area contributed by atoms with Crippen molar-refractivity contribution in [1.82, 2.24) is 15.6 Å². The van der Waals surface area contributed by atoms with Crippen molar-refractivity contribution in [3.05, 3.63) is 59.9 Å². The summed E-state index contributed by atoms with van der Waals surface area (Å²) in [6.07, 6.45) is 3.63. The Morgan fingerprint density at radius 2 is 1.74 bits per heavy atom. The fraction of sp³-hybridized carbons (Fsp3) is 0.429. The number of nitrogens with zero attached hydrogens (tertiary/aromatic N) is 2. The van der Waals surface area contributed by atoms with Gasteiger partial charge in [-0.05, 0) is 42.2 Å². The maximum absolute atomic E-state index is 5.71. The molecule has 1 aromatic heterocycles. The van der Waals surface area contributed by atoms with E-state index < -0.39 is 0 Å². The van der Waals surface area contributed by atoms with Gasteiger partial charge in [0.05, 0.1) is 6.61 Å². The number of pyridine rings is 1. The summed E-state index contributed by atoms with van der Waals surface area (Å²) in [6, 6.07) is 14.3. The SMILES string of the molecule is CN=C(NCCc1ccc(OCC(C)C)cc1)NCCc1ccccn1.I. The van der Waals surface area contributed by atoms with Crippen LogP contribution in [0.15, 0.2) is 53.7 Å². The van der Waals surface area contributed by atoms with Crippen LogP contribution in [0, 0.1) is 5.92 Å². The zero-order valence-corrected chi connectivity index (χ0v) is 18.8. The van der Waals surface area contributed by atoms with Gasteiger partial charge in [0.2, 0.25) is 0 Å². The van der Waals surface area contributed by atoms with Crippen LogP contribution in [0.2, 0.25) is 0 Å². The van der Waals surface area contributed by atoms with Gasteiger partial charge in [-0.3, -0.25) is 9.98 Å². The van der Waals surface area contributed by atoms with Gasteiger partial charge in [-0.2, -0.15) is 0 Å². The predicted molar refractivity (Wildman–Crippen MR) is 123 cm³/mol. The van der Waals surface area contributed by atoms with Crippen LogP contribution in [-0.2, 0) is 12.8 Å². The molecule has 0 spiro atoms. The molecule has 1 aromatic carbocycles. The summed E-state index contributed by atoms with van der Waals surface area (Å²) in [6.45, 7) is 6.68. The smallest absolute Gasteiger partial charge is 0.190 e. The van der Waals surface area contributed by atoms with Gasteiger partial charge in [-0.25, -0.2) is 0 Å². The minimum atomic E-state index is 0. The van der Waals surface area contributed by atoms with Crippen LogP contribution in [0.4, 0.5) is 0 Å². The largest absolute Gasteiger partial charge is 0.493 e. The van der Waals surface area contributed by atoms with E-state index in [0.29, 0.717) is 5.92 Å². The first-order valence-corrected chi connectivity index (χ1v) is 9.23. The monoisotopic (exact) mass is 482 g/mol. The average Bonchev–Trinajstić information content (AvgIpc) is 2.67. The molecule has 0 aliphatic rings. The van der Waals surface area contributed by atoms with Gasteiger partial charge in [0, 0.05) is 38.4 Å². The Balaban J connectivity index is 0.00000364. The third kappa shape index (κ3) is 9.60. The van der Waals surface area contributed by atoms with Gasteiger partial charge in [-0.15, -0.1) is 24.0 Å². The van der Waals surface area contributed by atoms with Crippen molar-refractivity contribution in [1.29, 1.82) is 0 Å². The molecule has 0 aliphatic heterocycles. The van der Waals surface area contributed by atoms with E-state index in [-0.39, 0.29) is 24.0 Å². The second kappa shape index (κ2) is 13.4. The molecule has 0 fully saturated rings. The molecule has 0 saturated heterocycles. The molecule has 27 heavy (non-hydrogen) atoms. The molecular weight excluding hydrogens is 451 g/mol. The fourth-order valence-electron chi connectivity index (χ4n) is 2.42. The molecule has 2 aromatic rings. The van der Waals surface area contributed by atoms with E-state index in [1.807, 2.05) is 36.5 Å². The summed E-state index contributed by atoms with van der Waals surface area (Å²) in [5.74, 6) is 2.29. The molecule has 0 aliphatic carbocycles. The van der Waals surface area contributed by atoms with Crippen LogP contribution in [0.5, 0.6) is 5.75 Å². The van der Waals surface area contributed by atoms with Gasteiger partial charge in [0.1, 0.15) is 5.75 Å². The first-order valence-electron chi connectivity index (χ1n) is 9.23. The highest BCUT2D eigenvalue weighted by Gasteiger charge is 2.01. The number of rotatable bonds is 9. The lowest BCUT2D eigenvalue weighted by molar-refractivity contribution is 0.271. The van der Waals surface area contributed by atoms with E-state index in [4.69, 9.17) is 4.74 Å². The van der Waals surface area contributed by atoms with E-state index in [9.17, 15) is 0 Å². The third-order valence-electron chi connectivity index (χ3n) is 3.84. The summed E-state index contributed by atoms with van der Waals surface area (Å²) in [4.78, 5) is 8.58. The number of guanidine groups is 1. The maximum atomic E-state index is 5.71. The zero-order chi connectivity index (χ0) is 18.6. The van der Waals surface area contributed by atoms with Crippen LogP contribution in [0.3, 0.4) is 0 Å². The Morgan fingerprint density at radius 1 is 1.04 bits per heavy atom. The number of benzene rings is 1. The van der Waals surface area contributed by atoms with Gasteiger partial charge < -0.3 is 15.4 Å². The van der Waals surface area contributed by atoms with E-state index in [2.05, 4.69) is 46.6 Å². The number of ether oxygens (including phenoxy) is 1. The molecule has 5 nitrogen and oxygen atoms in total. The van der Waals surface area contributed by atoms with E-state index in [1.165, 1.54) is 5.56 Å². The van der Waals surface area contributed by atoms with Gasteiger partial charge in [-0.1, -0.05) is 32.0 Å². The van der Waals surface area contributed by atoms with Crippen molar-refractivity contribution >= 4 is 29.9 Å². The van der Waals surface area contributed by atoms with Crippen LogP contribution in [0.25, 0.3) is 0 Å². The summed E-state index contributed by atoms with van der Waals surface area (Å²) >= 11 is 0. The molecule has 0 bridgehead atoms. The molecule has 0 saturated carbocycles. The molecular formula is C21H31IN4O. The number of aromatic nitrogens is 1. The Kier molecular flexibility index (Phi) is 11.5. The number of aliphatic imine (C=N–C) groups is 1. The maximum Gasteiger partial charge on any atom is 0.190 e. The van der Waals surface area contributed by atoms with Crippen molar-refractivity contribution < 1.29 is 4.74 Å². The van der Waals surface area contributed by atoms with E-state index in [1.54, 1.807) is 7.05 Å². The third-order valence-corrected chi connectivity index (χ3v) is 3.84. The molecule has 0 atom stereocenters. The summed E-state index contributed by atoms with van der Waals surface area (Å²) in [5, 5.41) is 6.67. The Morgan fingerprint density at radius 3 is 2.33 bits per heavy atom. The molecule has 2 rings (SSSR count). The second-order valence-electron chi connectivity index (χ2n) is 6.60. The Bertz CT molecular complexity index is 660. The van der Waals surface area contributed by atoms with Crippen LogP contribution >= 0.6 is 24.0 Å². The Hall–Kier alpha value is -1.83. The summed E-state index contributed by atoms with van der Waals surface area (Å²) in [5.41, 5.74) is 2.36. The highest BCUT2D eigenvalue weighted by molar-refractivity contribution is 14.0. The van der Waals surface area contributed by atoms with Crippen molar-refractivity contribution in [3.63, 3.8) is 0 Å². The number of hydrogen-bond donors (Lipinski definition) is 2. The molecule has 1 heterocycles. The molecule has 148 valence electrons. The minimum absolute atomic E-state index is 0. The lowest BCUT2D eigenvalue weighted by Crippen LogP contribution is -2.39. The van der Waals surface area contributed by atoms with Crippen LogP contribution < -0.4 is 15.4 Å². The number of nitrogens with one attached hydrogen (secondary N) is 2. The highest BCUT2D eigenvalue weighted by Crippen LogP contribution is 2.13. The number of hydrogen-bond acceptors (Lipinski definition) is 3. The van der Waals surface area contributed by atoms with E-state index >= 15 is 0 Å². The molecule has 0 radical (unpaired) electrons. The topological polar surface area (TPSA) is 58.5 Å². The second-order valence-corrected chi connectivity index (χ2v) is 6.60. The van der Waals surface area contributed by atoms with Gasteiger partial charge in [0.25, 0.3) is 0 Å². The first kappa shape index (κ1) is 23.2. The van der Waals surface area contributed by atoms with Crippen molar-refractivity contribution in [2.24, 2.45) is 10.9 Å². The van der Waals surface area contributed by atoms with Crippen LogP contribution in [0.1, 0.15) is 25.1 Å². The quantitative estimate of drug-likeness (QED) is 0.325. The molecule has 0 amide bonds. The van der Waals surface area contributed by atoms with Crippen molar-refractivity contribution in [2.45, 2.75) is 26.7 Å². The highest BCUT2D eigenvalue weighted by atomic mass is 127. The number of halogens is 1. The summed E-state index contributed by atoms with van der Waals surface area (Å²) in [7, 11) is 1.79. The standard InChI is InChI=1S/C21H30N4O.HI/c1-17(2)16-26-20-9-7-18(8-10-20)11-14-24-21(22-3)25-15-12-19-6-4-5-13-23-19;/h4-10,13,17H,11-12,14-16H2,1-3H3,(H2,22,24,25);1H. The van der Waals surface area contributed by atoms with Gasteiger partial charge in [0.15, 0.2) is 5.96 Å². The molecule has 2 N–H and O–H groups in total. The summed E-state index contributed by atoms with van der Waals surface area (Å²) < 4.78 is 5.71. The van der Waals surface area contributed by atoms with Crippen LogP contribution in [-0.4, -0.2) is 37.7 Å². The lowest BCUT2D eigenvalue weighted by Gasteiger charge is -2.12. The lowest BCUT2D eigenvalue weighted by atomic mass is 10.1. The zero-order valence-electron chi connectivity index (χ0n) is 16.4. The first-order chi connectivity index (χ1) is 12.7. The normalized spacial score (nSPS) is 11.0. The Labute approximate surface area is 180 Å². The van der Waals surface area contributed by atoms with Gasteiger partial charge >= 0.3 is 0 Å².